The van der Waals surface area contributed by atoms with Gasteiger partial charge >= 0.3 is 0 Å². The molecule has 0 saturated heterocycles. The molecule has 8 nitrogen and oxygen atoms in total. The highest BCUT2D eigenvalue weighted by Crippen LogP contribution is 2.52. The van der Waals surface area contributed by atoms with Crippen molar-refractivity contribution >= 4 is 27.4 Å². The van der Waals surface area contributed by atoms with Crippen LogP contribution in [0, 0.1) is 17.0 Å². The zero-order chi connectivity index (χ0) is 29.2. The van der Waals surface area contributed by atoms with Crippen LogP contribution in [0.25, 0.3) is 11.8 Å². The van der Waals surface area contributed by atoms with Crippen molar-refractivity contribution < 1.29 is 17.8 Å². The molecule has 216 valence electrons. The molecule has 42 heavy (non-hydrogen) atoms. The summed E-state index contributed by atoms with van der Waals surface area (Å²) in [6, 6.07) is 8.39. The molecule has 2 fully saturated rings. The van der Waals surface area contributed by atoms with Crippen LogP contribution in [0.5, 0.6) is 0 Å². The first-order valence-corrected chi connectivity index (χ1v) is 15.7. The molecule has 3 aromatic heterocycles. The number of Topliss-reactive ketones (excluding diaryl/α,β-unsaturated/α-hetero) is 1. The van der Waals surface area contributed by atoms with Gasteiger partial charge in [-0.2, -0.15) is 5.10 Å². The van der Waals surface area contributed by atoms with E-state index in [9.17, 15) is 17.8 Å². The maximum absolute atomic E-state index is 14.4. The fraction of sp³-hybridized carbons (Fsp3) is 0.323. The predicted molar refractivity (Wildman–Crippen MR) is 155 cm³/mol. The van der Waals surface area contributed by atoms with Gasteiger partial charge in [0.05, 0.1) is 39.0 Å². The van der Waals surface area contributed by atoms with Gasteiger partial charge in [-0.3, -0.25) is 9.78 Å². The van der Waals surface area contributed by atoms with Gasteiger partial charge in [-0.25, -0.2) is 27.0 Å². The summed E-state index contributed by atoms with van der Waals surface area (Å²) < 4.78 is 47.8. The fourth-order valence-electron chi connectivity index (χ4n) is 6.63. The van der Waals surface area contributed by atoms with Gasteiger partial charge in [-0.15, -0.1) is 0 Å². The number of pyridine rings is 1. The molecule has 0 bridgehead atoms. The normalized spacial score (nSPS) is 23.1. The van der Waals surface area contributed by atoms with E-state index in [4.69, 9.17) is 0 Å². The Labute approximate surface area is 242 Å². The molecular formula is C31H30F2N6O2S. The Bertz CT molecular complexity index is 1840. The summed E-state index contributed by atoms with van der Waals surface area (Å²) in [5, 5.41) is 5.02. The van der Waals surface area contributed by atoms with E-state index in [2.05, 4.69) is 20.9 Å². The summed E-state index contributed by atoms with van der Waals surface area (Å²) >= 11 is 0. The number of rotatable bonds is 7. The summed E-state index contributed by atoms with van der Waals surface area (Å²) in [5.41, 5.74) is 2.34. The van der Waals surface area contributed by atoms with Crippen LogP contribution in [0.3, 0.4) is 0 Å². The molecule has 0 amide bonds. The Morgan fingerprint density at radius 2 is 1.88 bits per heavy atom. The fourth-order valence-corrected chi connectivity index (χ4v) is 8.75. The first kappa shape index (κ1) is 26.9. The van der Waals surface area contributed by atoms with E-state index >= 15 is 0 Å². The predicted octanol–water partition coefficient (Wildman–Crippen LogP) is 4.80. The number of hydrogen-bond donors (Lipinski definition) is 0. The number of nitrogens with zero attached hydrogens (tertiary/aromatic N) is 6. The molecule has 7 rings (SSSR count). The van der Waals surface area contributed by atoms with Gasteiger partial charge in [0.25, 0.3) is 0 Å². The number of imidazole rings is 1. The summed E-state index contributed by atoms with van der Waals surface area (Å²) in [7, 11) is -1.10. The first-order valence-electron chi connectivity index (χ1n) is 14.0. The third kappa shape index (κ3) is 4.42. The number of hydrogen-bond acceptors (Lipinski definition) is 5. The second-order valence-corrected chi connectivity index (χ2v) is 13.7. The smallest absolute Gasteiger partial charge is 0.191 e. The Morgan fingerprint density at radius 1 is 1.10 bits per heavy atom. The Morgan fingerprint density at radius 3 is 2.57 bits per heavy atom. The number of carbonyl (C=O) groups is 1. The standard InChI is InChI=1S/C31H30F2N6O2S/c1-37-18-29(35-19-37)42(2,41)39(25-9-10-25)26-6-3-21-13-28-20(17-36-38(28)24-7-4-22(32)5-8-24)15-31(21,16-26)30(40)27-14-23(33)11-12-34-27/h4-5,7-8,11-14,17-19,25-26H,2-3,6,9-10,15-16H2,1H3/t26-,31-,42?/m0/s1. The molecule has 11 heteroatoms. The molecule has 3 heterocycles. The molecule has 1 unspecified atom stereocenters. The SMILES string of the molecule is C=S(=O)(c1cn(C)cn1)N(C1CC1)[C@H]1CCC2=Cc3c(cnn3-c3ccc(F)cc3)C[C@]2(C(=O)c2cc(F)ccn2)C1. The third-order valence-corrected chi connectivity index (χ3v) is 10.9. The van der Waals surface area contributed by atoms with E-state index in [1.165, 1.54) is 30.5 Å². The molecule has 0 aliphatic heterocycles. The average Bonchev–Trinajstić information content (AvgIpc) is 3.55. The highest BCUT2D eigenvalue weighted by atomic mass is 32.2. The van der Waals surface area contributed by atoms with E-state index in [0.29, 0.717) is 36.4 Å². The third-order valence-electron chi connectivity index (χ3n) is 8.71. The monoisotopic (exact) mass is 588 g/mol. The van der Waals surface area contributed by atoms with Crippen molar-refractivity contribution in [3.63, 3.8) is 0 Å². The van der Waals surface area contributed by atoms with Gasteiger partial charge in [0.15, 0.2) is 10.8 Å². The Hall–Kier alpha value is -3.96. The number of aryl methyl sites for hydroxylation is 1. The summed E-state index contributed by atoms with van der Waals surface area (Å²) in [4.78, 5) is 23.1. The molecule has 3 atom stereocenters. The highest BCUT2D eigenvalue weighted by molar-refractivity contribution is 7.98. The lowest BCUT2D eigenvalue weighted by molar-refractivity contribution is 0.0736. The van der Waals surface area contributed by atoms with Crippen molar-refractivity contribution in [2.24, 2.45) is 12.5 Å². The summed E-state index contributed by atoms with van der Waals surface area (Å²) in [5.74, 6) is 3.06. The van der Waals surface area contributed by atoms with Crippen molar-refractivity contribution in [2.45, 2.75) is 55.6 Å². The van der Waals surface area contributed by atoms with Crippen molar-refractivity contribution in [1.82, 2.24) is 28.6 Å². The topological polar surface area (TPSA) is 85.9 Å². The van der Waals surface area contributed by atoms with Gasteiger partial charge in [-0.05, 0) is 86.4 Å². The van der Waals surface area contributed by atoms with Gasteiger partial charge in [0, 0.05) is 37.6 Å². The lowest BCUT2D eigenvalue weighted by Gasteiger charge is -2.47. The minimum Gasteiger partial charge on any atom is -0.339 e. The Balaban J connectivity index is 1.32. The number of halogens is 2. The second-order valence-electron chi connectivity index (χ2n) is 11.6. The van der Waals surface area contributed by atoms with Crippen LogP contribution in [-0.4, -0.2) is 56.6 Å². The number of fused-ring (bicyclic) bond motifs is 2. The number of allylic oxidation sites excluding steroid dienone is 1. The zero-order valence-corrected chi connectivity index (χ0v) is 23.9. The average molecular weight is 589 g/mol. The second kappa shape index (κ2) is 9.81. The molecule has 0 N–H and O–H groups in total. The van der Waals surface area contributed by atoms with Gasteiger partial charge in [-0.1, -0.05) is 5.57 Å². The van der Waals surface area contributed by atoms with Gasteiger partial charge < -0.3 is 4.57 Å². The van der Waals surface area contributed by atoms with Gasteiger partial charge in [0.2, 0.25) is 0 Å². The van der Waals surface area contributed by atoms with Crippen molar-refractivity contribution in [3.05, 3.63) is 95.5 Å². The number of ketones is 1. The van der Waals surface area contributed by atoms with Crippen LogP contribution in [0.15, 0.2) is 71.9 Å². The molecular weight excluding hydrogens is 558 g/mol. The van der Waals surface area contributed by atoms with E-state index in [-0.39, 0.29) is 29.4 Å². The van der Waals surface area contributed by atoms with Crippen LogP contribution in [0.4, 0.5) is 8.78 Å². The molecule has 3 aliphatic rings. The molecule has 0 radical (unpaired) electrons. The maximum atomic E-state index is 14.4. The molecule has 4 aromatic rings. The highest BCUT2D eigenvalue weighted by Gasteiger charge is 2.53. The maximum Gasteiger partial charge on any atom is 0.191 e. The zero-order valence-electron chi connectivity index (χ0n) is 23.1. The Kier molecular flexibility index (Phi) is 6.28. The van der Waals surface area contributed by atoms with Crippen LogP contribution in [0.2, 0.25) is 0 Å². The van der Waals surface area contributed by atoms with Gasteiger partial charge in [0.1, 0.15) is 17.3 Å². The number of carbonyl (C=O) groups excluding carboxylic acids is 1. The minimum absolute atomic E-state index is 0.0639. The molecule has 0 spiro atoms. The van der Waals surface area contributed by atoms with Crippen LogP contribution in [-0.2, 0) is 23.2 Å². The van der Waals surface area contributed by atoms with E-state index < -0.39 is 20.9 Å². The molecule has 1 aromatic carbocycles. The molecule has 3 aliphatic carbocycles. The van der Waals surface area contributed by atoms with Crippen LogP contribution < -0.4 is 0 Å². The number of aromatic nitrogens is 5. The van der Waals surface area contributed by atoms with Crippen LogP contribution in [0.1, 0.15) is 53.8 Å². The minimum atomic E-state index is -2.93. The quantitative estimate of drug-likeness (QED) is 0.229. The van der Waals surface area contributed by atoms with Crippen molar-refractivity contribution in [2.75, 3.05) is 0 Å². The molecule has 2 saturated carbocycles. The van der Waals surface area contributed by atoms with Crippen LogP contribution >= 0.6 is 0 Å². The van der Waals surface area contributed by atoms with E-state index in [1.54, 1.807) is 40.1 Å². The lowest BCUT2D eigenvalue weighted by atomic mass is 9.60. The first-order chi connectivity index (χ1) is 20.2. The van der Waals surface area contributed by atoms with Crippen molar-refractivity contribution in [3.8, 4) is 5.69 Å². The number of benzene rings is 1. The summed E-state index contributed by atoms with van der Waals surface area (Å²) in [6.07, 6.45) is 12.2. The largest absolute Gasteiger partial charge is 0.339 e. The van der Waals surface area contributed by atoms with E-state index in [1.807, 2.05) is 17.4 Å². The van der Waals surface area contributed by atoms with E-state index in [0.717, 1.165) is 29.7 Å². The lowest BCUT2D eigenvalue weighted by Crippen LogP contribution is -2.51. The van der Waals surface area contributed by atoms with Crippen molar-refractivity contribution in [1.29, 1.82) is 0 Å². The summed E-state index contributed by atoms with van der Waals surface area (Å²) in [6.45, 7) is 0.